The lowest BCUT2D eigenvalue weighted by molar-refractivity contribution is -0.132. The standard InChI is InChI=1S/C17H14Cl2N2O4/c1-25-17(24)15(20)12-5-3-9(16(22)23)6-14(12)21-8-10-2-4-11(18)7-13(10)19/h2-7,20-21H,8H2,1H3,(H,22,23). The van der Waals surface area contributed by atoms with Crippen molar-refractivity contribution >= 4 is 46.5 Å². The monoisotopic (exact) mass is 380 g/mol. The number of esters is 1. The van der Waals surface area contributed by atoms with Gasteiger partial charge in [0, 0.05) is 27.8 Å². The van der Waals surface area contributed by atoms with Gasteiger partial charge in [-0.05, 0) is 35.9 Å². The minimum atomic E-state index is -1.12. The Hall–Kier alpha value is -2.57. The molecule has 0 amide bonds. The highest BCUT2D eigenvalue weighted by molar-refractivity contribution is 6.43. The Morgan fingerprint density at radius 2 is 1.92 bits per heavy atom. The van der Waals surface area contributed by atoms with E-state index in [9.17, 15) is 9.59 Å². The molecule has 0 unspecified atom stereocenters. The predicted octanol–water partition coefficient (Wildman–Crippen LogP) is 3.84. The van der Waals surface area contributed by atoms with E-state index < -0.39 is 11.9 Å². The summed E-state index contributed by atoms with van der Waals surface area (Å²) in [6, 6.07) is 9.04. The van der Waals surface area contributed by atoms with Crippen LogP contribution in [0.3, 0.4) is 0 Å². The zero-order chi connectivity index (χ0) is 18.6. The first kappa shape index (κ1) is 18.8. The van der Waals surface area contributed by atoms with Crippen LogP contribution in [0.5, 0.6) is 0 Å². The summed E-state index contributed by atoms with van der Waals surface area (Å²) < 4.78 is 4.55. The molecule has 130 valence electrons. The molecule has 0 aliphatic carbocycles. The summed E-state index contributed by atoms with van der Waals surface area (Å²) in [6.07, 6.45) is 0. The topological polar surface area (TPSA) is 99.5 Å². The number of carbonyl (C=O) groups is 2. The smallest absolute Gasteiger partial charge is 0.356 e. The molecular weight excluding hydrogens is 367 g/mol. The Labute approximate surface area is 153 Å². The van der Waals surface area contributed by atoms with Crippen LogP contribution in [0.4, 0.5) is 5.69 Å². The first-order valence-electron chi connectivity index (χ1n) is 7.06. The van der Waals surface area contributed by atoms with E-state index in [1.54, 1.807) is 18.2 Å². The third-order valence-corrected chi connectivity index (χ3v) is 4.00. The van der Waals surface area contributed by atoms with Crippen LogP contribution in [0, 0.1) is 5.41 Å². The number of halogens is 2. The molecule has 2 aromatic rings. The van der Waals surface area contributed by atoms with Gasteiger partial charge in [-0.25, -0.2) is 9.59 Å². The number of nitrogens with one attached hydrogen (secondary N) is 2. The van der Waals surface area contributed by atoms with Gasteiger partial charge in [-0.2, -0.15) is 0 Å². The van der Waals surface area contributed by atoms with Crippen molar-refractivity contribution in [2.45, 2.75) is 6.54 Å². The Kier molecular flexibility index (Phi) is 6.01. The van der Waals surface area contributed by atoms with Crippen molar-refractivity contribution in [3.05, 3.63) is 63.1 Å². The predicted molar refractivity (Wildman–Crippen MR) is 96.0 cm³/mol. The lowest BCUT2D eigenvalue weighted by Crippen LogP contribution is -2.18. The maximum absolute atomic E-state index is 11.6. The third-order valence-electron chi connectivity index (χ3n) is 3.41. The molecule has 0 bridgehead atoms. The lowest BCUT2D eigenvalue weighted by Gasteiger charge is -2.14. The largest absolute Gasteiger partial charge is 0.478 e. The van der Waals surface area contributed by atoms with E-state index in [-0.39, 0.29) is 23.4 Å². The highest BCUT2D eigenvalue weighted by Crippen LogP contribution is 2.24. The molecule has 6 nitrogen and oxygen atoms in total. The number of aromatic carboxylic acids is 1. The van der Waals surface area contributed by atoms with Gasteiger partial charge in [0.2, 0.25) is 0 Å². The Morgan fingerprint density at radius 1 is 1.20 bits per heavy atom. The van der Waals surface area contributed by atoms with Crippen LogP contribution in [-0.2, 0) is 16.1 Å². The quantitative estimate of drug-likeness (QED) is 0.522. The van der Waals surface area contributed by atoms with Crippen molar-refractivity contribution < 1.29 is 19.4 Å². The SMILES string of the molecule is COC(=O)C(=N)c1ccc(C(=O)O)cc1NCc1ccc(Cl)cc1Cl. The zero-order valence-corrected chi connectivity index (χ0v) is 14.6. The van der Waals surface area contributed by atoms with E-state index in [2.05, 4.69) is 10.1 Å². The molecule has 2 rings (SSSR count). The number of ether oxygens (including phenoxy) is 1. The van der Waals surface area contributed by atoms with Gasteiger partial charge in [-0.1, -0.05) is 29.3 Å². The van der Waals surface area contributed by atoms with Gasteiger partial charge < -0.3 is 15.2 Å². The second kappa shape index (κ2) is 8.00. The summed E-state index contributed by atoms with van der Waals surface area (Å²) in [7, 11) is 1.17. The van der Waals surface area contributed by atoms with Crippen LogP contribution in [0.25, 0.3) is 0 Å². The van der Waals surface area contributed by atoms with Crippen molar-refractivity contribution in [1.82, 2.24) is 0 Å². The zero-order valence-electron chi connectivity index (χ0n) is 13.1. The fraction of sp³-hybridized carbons (Fsp3) is 0.118. The van der Waals surface area contributed by atoms with Crippen molar-refractivity contribution in [3.63, 3.8) is 0 Å². The molecule has 3 N–H and O–H groups in total. The van der Waals surface area contributed by atoms with E-state index in [1.165, 1.54) is 25.3 Å². The van der Waals surface area contributed by atoms with Crippen molar-refractivity contribution in [2.24, 2.45) is 0 Å². The van der Waals surface area contributed by atoms with E-state index in [1.807, 2.05) is 0 Å². The normalized spacial score (nSPS) is 10.2. The molecule has 0 saturated carbocycles. The van der Waals surface area contributed by atoms with Crippen molar-refractivity contribution in [3.8, 4) is 0 Å². The minimum absolute atomic E-state index is 0.0196. The number of methoxy groups -OCH3 is 1. The highest BCUT2D eigenvalue weighted by Gasteiger charge is 2.18. The molecule has 25 heavy (non-hydrogen) atoms. The number of carbonyl (C=O) groups excluding carboxylic acids is 1. The summed E-state index contributed by atoms with van der Waals surface area (Å²) >= 11 is 12.0. The van der Waals surface area contributed by atoms with E-state index in [0.29, 0.717) is 15.7 Å². The molecule has 0 aliphatic heterocycles. The first-order chi connectivity index (χ1) is 11.8. The average molecular weight is 381 g/mol. The molecule has 2 aromatic carbocycles. The lowest BCUT2D eigenvalue weighted by atomic mass is 10.0. The molecule has 0 spiro atoms. The maximum Gasteiger partial charge on any atom is 0.356 e. The second-order valence-corrected chi connectivity index (χ2v) is 5.87. The van der Waals surface area contributed by atoms with E-state index in [0.717, 1.165) is 5.56 Å². The molecule has 0 fully saturated rings. The molecule has 8 heteroatoms. The Bertz CT molecular complexity index is 853. The van der Waals surface area contributed by atoms with Gasteiger partial charge in [-0.15, -0.1) is 0 Å². The maximum atomic E-state index is 11.6. The van der Waals surface area contributed by atoms with Gasteiger partial charge in [-0.3, -0.25) is 5.41 Å². The summed E-state index contributed by atoms with van der Waals surface area (Å²) in [5.41, 5.74) is 0.890. The summed E-state index contributed by atoms with van der Waals surface area (Å²) in [5.74, 6) is -1.95. The molecule has 0 radical (unpaired) electrons. The number of anilines is 1. The van der Waals surface area contributed by atoms with Gasteiger partial charge in [0.15, 0.2) is 0 Å². The summed E-state index contributed by atoms with van der Waals surface area (Å²) in [5, 5.41) is 21.0. The molecule has 0 heterocycles. The molecule has 0 aliphatic rings. The number of carboxylic acid groups (broad SMARTS) is 1. The number of hydrogen-bond acceptors (Lipinski definition) is 5. The van der Waals surface area contributed by atoms with E-state index in [4.69, 9.17) is 33.7 Å². The van der Waals surface area contributed by atoms with Gasteiger partial charge >= 0.3 is 11.9 Å². The fourth-order valence-electron chi connectivity index (χ4n) is 2.11. The number of rotatable bonds is 6. The molecule has 0 atom stereocenters. The number of carboxylic acids is 1. The molecule has 0 aromatic heterocycles. The summed E-state index contributed by atoms with van der Waals surface area (Å²) in [4.78, 5) is 22.8. The number of hydrogen-bond donors (Lipinski definition) is 3. The molecule has 0 saturated heterocycles. The van der Waals surface area contributed by atoms with Gasteiger partial charge in [0.25, 0.3) is 0 Å². The van der Waals surface area contributed by atoms with Crippen LogP contribution in [0.15, 0.2) is 36.4 Å². The average Bonchev–Trinajstić information content (AvgIpc) is 2.59. The van der Waals surface area contributed by atoms with Gasteiger partial charge in [0.1, 0.15) is 5.71 Å². The Morgan fingerprint density at radius 3 is 2.52 bits per heavy atom. The van der Waals surface area contributed by atoms with Crippen LogP contribution >= 0.6 is 23.2 Å². The first-order valence-corrected chi connectivity index (χ1v) is 7.81. The van der Waals surface area contributed by atoms with Crippen molar-refractivity contribution in [1.29, 1.82) is 5.41 Å². The minimum Gasteiger partial charge on any atom is -0.478 e. The van der Waals surface area contributed by atoms with Gasteiger partial charge in [0.05, 0.1) is 12.7 Å². The second-order valence-electron chi connectivity index (χ2n) is 5.02. The Balaban J connectivity index is 2.35. The van der Waals surface area contributed by atoms with Crippen molar-refractivity contribution in [2.75, 3.05) is 12.4 Å². The van der Waals surface area contributed by atoms with Crippen LogP contribution in [0.1, 0.15) is 21.5 Å². The third kappa shape index (κ3) is 4.49. The molecular formula is C17H14Cl2N2O4. The van der Waals surface area contributed by atoms with Crippen LogP contribution in [-0.4, -0.2) is 29.9 Å². The van der Waals surface area contributed by atoms with Crippen LogP contribution < -0.4 is 5.32 Å². The highest BCUT2D eigenvalue weighted by atomic mass is 35.5. The number of benzene rings is 2. The fourth-order valence-corrected chi connectivity index (χ4v) is 2.58. The van der Waals surface area contributed by atoms with Crippen LogP contribution in [0.2, 0.25) is 10.0 Å². The summed E-state index contributed by atoms with van der Waals surface area (Å²) in [6.45, 7) is 0.251. The van der Waals surface area contributed by atoms with E-state index >= 15 is 0 Å².